The Balaban J connectivity index is 3.21. The van der Waals surface area contributed by atoms with Gasteiger partial charge in [0.05, 0.1) is 22.9 Å². The van der Waals surface area contributed by atoms with Gasteiger partial charge in [-0.25, -0.2) is 4.79 Å². The Bertz CT molecular complexity index is 314. The summed E-state index contributed by atoms with van der Waals surface area (Å²) in [5.41, 5.74) is 0.0527. The average Bonchev–Trinajstić information content (AvgIpc) is 2.04. The molecule has 12 heavy (non-hydrogen) atoms. The molecule has 0 aliphatic carbocycles. The number of aromatic nitrogens is 1. The molecule has 0 unspecified atom stereocenters. The molecule has 0 atom stereocenters. The second-order valence-electron chi connectivity index (χ2n) is 2.11. The van der Waals surface area contributed by atoms with Crippen molar-refractivity contribution < 1.29 is 15.0 Å². The summed E-state index contributed by atoms with van der Waals surface area (Å²) in [7, 11) is 0. The van der Waals surface area contributed by atoms with Gasteiger partial charge in [-0.05, 0) is 6.07 Å². The first kappa shape index (κ1) is 8.96. The highest BCUT2D eigenvalue weighted by atomic mass is 35.5. The molecule has 1 heterocycles. The first-order valence-corrected chi connectivity index (χ1v) is 3.51. The predicted molar refractivity (Wildman–Crippen MR) is 42.1 cm³/mol. The van der Waals surface area contributed by atoms with Crippen molar-refractivity contribution in [3.63, 3.8) is 0 Å². The number of nitrogens with zero attached hydrogens (tertiary/aromatic N) is 1. The lowest BCUT2D eigenvalue weighted by Crippen LogP contribution is -2.04. The lowest BCUT2D eigenvalue weighted by molar-refractivity contribution is 0.0692. The fraction of sp³-hybridized carbons (Fsp3) is 0.143. The summed E-state index contributed by atoms with van der Waals surface area (Å²) >= 11 is 5.51. The van der Waals surface area contributed by atoms with Gasteiger partial charge in [0.2, 0.25) is 0 Å². The minimum atomic E-state index is -1.14. The molecule has 4 nitrogen and oxygen atoms in total. The fourth-order valence-electron chi connectivity index (χ4n) is 0.779. The number of carboxylic acid groups (broad SMARTS) is 1. The molecule has 0 saturated heterocycles. The number of pyridine rings is 1. The third kappa shape index (κ3) is 1.72. The van der Waals surface area contributed by atoms with Crippen LogP contribution in [0.2, 0.25) is 5.02 Å². The Morgan fingerprint density at radius 3 is 2.83 bits per heavy atom. The highest BCUT2D eigenvalue weighted by Crippen LogP contribution is 2.12. The number of halogens is 1. The number of aromatic carboxylic acids is 1. The molecule has 0 bridgehead atoms. The van der Waals surface area contributed by atoms with E-state index in [2.05, 4.69) is 4.98 Å². The molecular weight excluding hydrogens is 182 g/mol. The van der Waals surface area contributed by atoms with Crippen molar-refractivity contribution in [2.75, 3.05) is 0 Å². The van der Waals surface area contributed by atoms with Gasteiger partial charge >= 0.3 is 5.97 Å². The maximum Gasteiger partial charge on any atom is 0.337 e. The van der Waals surface area contributed by atoms with E-state index in [1.54, 1.807) is 0 Å². The van der Waals surface area contributed by atoms with E-state index < -0.39 is 12.6 Å². The van der Waals surface area contributed by atoms with Crippen LogP contribution in [0.5, 0.6) is 0 Å². The van der Waals surface area contributed by atoms with Crippen molar-refractivity contribution in [1.29, 1.82) is 0 Å². The van der Waals surface area contributed by atoms with E-state index in [0.717, 1.165) is 0 Å². The molecule has 2 N–H and O–H groups in total. The number of aliphatic hydroxyl groups excluding tert-OH is 1. The molecule has 5 heteroatoms. The summed E-state index contributed by atoms with van der Waals surface area (Å²) in [5, 5.41) is 17.5. The van der Waals surface area contributed by atoms with Crippen LogP contribution < -0.4 is 0 Å². The summed E-state index contributed by atoms with van der Waals surface area (Å²) in [4.78, 5) is 14.2. The van der Waals surface area contributed by atoms with E-state index in [1.165, 1.54) is 12.3 Å². The van der Waals surface area contributed by atoms with Crippen molar-refractivity contribution in [3.8, 4) is 0 Å². The van der Waals surface area contributed by atoms with E-state index in [-0.39, 0.29) is 16.3 Å². The number of carbonyl (C=O) groups is 1. The number of rotatable bonds is 2. The fourth-order valence-corrected chi connectivity index (χ4v) is 0.937. The van der Waals surface area contributed by atoms with E-state index in [1.807, 2.05) is 0 Å². The molecule has 0 saturated carbocycles. The van der Waals surface area contributed by atoms with Gasteiger partial charge in [0.25, 0.3) is 0 Å². The Kier molecular flexibility index (Phi) is 2.62. The largest absolute Gasteiger partial charge is 0.478 e. The van der Waals surface area contributed by atoms with Gasteiger partial charge in [0, 0.05) is 6.20 Å². The predicted octanol–water partition coefficient (Wildman–Crippen LogP) is 0.925. The van der Waals surface area contributed by atoms with Crippen LogP contribution in [0.1, 0.15) is 16.1 Å². The second-order valence-corrected chi connectivity index (χ2v) is 2.55. The summed E-state index contributed by atoms with van der Waals surface area (Å²) in [6.45, 7) is -0.404. The zero-order valence-electron chi connectivity index (χ0n) is 5.99. The van der Waals surface area contributed by atoms with Crippen LogP contribution in [0.4, 0.5) is 0 Å². The Labute approximate surface area is 73.4 Å². The van der Waals surface area contributed by atoms with Crippen LogP contribution in [0.25, 0.3) is 0 Å². The monoisotopic (exact) mass is 187 g/mol. The first-order chi connectivity index (χ1) is 5.65. The number of carboxylic acids is 1. The van der Waals surface area contributed by atoms with Crippen molar-refractivity contribution in [1.82, 2.24) is 4.98 Å². The molecule has 64 valence electrons. The van der Waals surface area contributed by atoms with Gasteiger partial charge in [-0.1, -0.05) is 11.6 Å². The highest BCUT2D eigenvalue weighted by molar-refractivity contribution is 6.30. The van der Waals surface area contributed by atoms with Gasteiger partial charge in [0.15, 0.2) is 0 Å². The molecule has 0 aliphatic rings. The van der Waals surface area contributed by atoms with Crippen LogP contribution in [-0.4, -0.2) is 21.2 Å². The SMILES string of the molecule is O=C(O)c1cc(Cl)cnc1CO. The van der Waals surface area contributed by atoms with E-state index >= 15 is 0 Å². The molecule has 0 spiro atoms. The Morgan fingerprint density at radius 2 is 2.33 bits per heavy atom. The van der Waals surface area contributed by atoms with Crippen LogP contribution in [-0.2, 0) is 6.61 Å². The lowest BCUT2D eigenvalue weighted by Gasteiger charge is -2.00. The third-order valence-electron chi connectivity index (χ3n) is 1.32. The van der Waals surface area contributed by atoms with Crippen LogP contribution in [0.3, 0.4) is 0 Å². The normalized spacial score (nSPS) is 9.83. The maximum absolute atomic E-state index is 10.5. The third-order valence-corrected chi connectivity index (χ3v) is 1.52. The van der Waals surface area contributed by atoms with E-state index in [0.29, 0.717) is 0 Å². The molecule has 0 aliphatic heterocycles. The molecular formula is C7H6ClNO3. The Hall–Kier alpha value is -1.13. The second kappa shape index (κ2) is 3.51. The van der Waals surface area contributed by atoms with Gasteiger partial charge < -0.3 is 10.2 Å². The zero-order valence-corrected chi connectivity index (χ0v) is 6.75. The van der Waals surface area contributed by atoms with E-state index in [9.17, 15) is 4.79 Å². The molecule has 0 radical (unpaired) electrons. The van der Waals surface area contributed by atoms with Crippen LogP contribution in [0, 0.1) is 0 Å². The van der Waals surface area contributed by atoms with Crippen LogP contribution >= 0.6 is 11.6 Å². The summed E-state index contributed by atoms with van der Waals surface area (Å²) in [6, 6.07) is 1.25. The summed E-state index contributed by atoms with van der Waals surface area (Å²) in [6.07, 6.45) is 1.29. The smallest absolute Gasteiger partial charge is 0.337 e. The molecule has 0 fully saturated rings. The maximum atomic E-state index is 10.5. The zero-order chi connectivity index (χ0) is 9.14. The quantitative estimate of drug-likeness (QED) is 0.723. The van der Waals surface area contributed by atoms with Gasteiger partial charge in [0.1, 0.15) is 0 Å². The summed E-state index contributed by atoms with van der Waals surface area (Å²) in [5.74, 6) is -1.14. The first-order valence-electron chi connectivity index (χ1n) is 3.13. The Morgan fingerprint density at radius 1 is 1.67 bits per heavy atom. The number of hydrogen-bond acceptors (Lipinski definition) is 3. The standard InChI is InChI=1S/C7H6ClNO3/c8-4-1-5(7(11)12)6(3-10)9-2-4/h1-2,10H,3H2,(H,11,12). The van der Waals surface area contributed by atoms with Crippen molar-refractivity contribution in [2.24, 2.45) is 0 Å². The topological polar surface area (TPSA) is 70.4 Å². The van der Waals surface area contributed by atoms with Gasteiger partial charge in [-0.2, -0.15) is 0 Å². The average molecular weight is 188 g/mol. The van der Waals surface area contributed by atoms with Crippen molar-refractivity contribution in [2.45, 2.75) is 6.61 Å². The molecule has 1 rings (SSSR count). The van der Waals surface area contributed by atoms with Crippen LogP contribution in [0.15, 0.2) is 12.3 Å². The van der Waals surface area contributed by atoms with Crippen molar-refractivity contribution >= 4 is 17.6 Å². The molecule has 0 aromatic carbocycles. The number of aliphatic hydroxyl groups is 1. The minimum Gasteiger partial charge on any atom is -0.478 e. The molecule has 1 aromatic rings. The highest BCUT2D eigenvalue weighted by Gasteiger charge is 2.10. The molecule has 1 aromatic heterocycles. The summed E-state index contributed by atoms with van der Waals surface area (Å²) < 4.78 is 0. The number of hydrogen-bond donors (Lipinski definition) is 2. The van der Waals surface area contributed by atoms with E-state index in [4.69, 9.17) is 21.8 Å². The van der Waals surface area contributed by atoms with Gasteiger partial charge in [-0.15, -0.1) is 0 Å². The van der Waals surface area contributed by atoms with Crippen molar-refractivity contribution in [3.05, 3.63) is 28.5 Å². The van der Waals surface area contributed by atoms with Gasteiger partial charge in [-0.3, -0.25) is 4.98 Å². The lowest BCUT2D eigenvalue weighted by atomic mass is 10.2. The minimum absolute atomic E-state index is 0.0648. The molecule has 0 amide bonds.